The van der Waals surface area contributed by atoms with Gasteiger partial charge in [0.2, 0.25) is 5.89 Å². The maximum absolute atomic E-state index is 11.6. The molecule has 0 saturated heterocycles. The molecule has 3 N–H and O–H groups in total. The molecular weight excluding hydrogens is 264 g/mol. The Hall–Kier alpha value is -2.90. The first-order valence-electron chi connectivity index (χ1n) is 5.72. The number of carbonyl (C=O) groups excluding carboxylic acids is 1. The molecule has 0 unspecified atom stereocenters. The standard InChI is InChI=1S/C12H12N4O4/c1-7-14-10(16-20-7)6-13-12(19)15-9-4-2-8(3-5-9)11(17)18/h2-5H,6H2,1H3,(H,17,18)(H2,13,15,19). The van der Waals surface area contributed by atoms with Crippen molar-refractivity contribution in [2.75, 3.05) is 5.32 Å². The van der Waals surface area contributed by atoms with Crippen LogP contribution in [0.5, 0.6) is 0 Å². The predicted octanol–water partition coefficient (Wildman–Crippen LogP) is 1.40. The Balaban J connectivity index is 1.86. The van der Waals surface area contributed by atoms with Gasteiger partial charge in [-0.05, 0) is 24.3 Å². The number of carbonyl (C=O) groups is 2. The predicted molar refractivity (Wildman–Crippen MR) is 68.3 cm³/mol. The highest BCUT2D eigenvalue weighted by molar-refractivity contribution is 5.91. The van der Waals surface area contributed by atoms with Crippen LogP contribution < -0.4 is 10.6 Å². The first-order valence-corrected chi connectivity index (χ1v) is 5.72. The largest absolute Gasteiger partial charge is 0.478 e. The molecule has 1 aromatic carbocycles. The van der Waals surface area contributed by atoms with Gasteiger partial charge in [0, 0.05) is 12.6 Å². The summed E-state index contributed by atoms with van der Waals surface area (Å²) in [6.07, 6.45) is 0. The van der Waals surface area contributed by atoms with Crippen LogP contribution in [-0.4, -0.2) is 27.2 Å². The van der Waals surface area contributed by atoms with Gasteiger partial charge in [-0.15, -0.1) is 0 Å². The molecule has 104 valence electrons. The highest BCUT2D eigenvalue weighted by atomic mass is 16.5. The highest BCUT2D eigenvalue weighted by Crippen LogP contribution is 2.09. The number of nitrogens with one attached hydrogen (secondary N) is 2. The van der Waals surface area contributed by atoms with Crippen LogP contribution in [0.3, 0.4) is 0 Å². The number of hydrogen-bond donors (Lipinski definition) is 3. The van der Waals surface area contributed by atoms with Crippen LogP contribution in [0.25, 0.3) is 0 Å². The number of carboxylic acid groups (broad SMARTS) is 1. The van der Waals surface area contributed by atoms with Crippen molar-refractivity contribution >= 4 is 17.7 Å². The van der Waals surface area contributed by atoms with E-state index in [1.54, 1.807) is 6.92 Å². The Kier molecular flexibility index (Phi) is 3.94. The van der Waals surface area contributed by atoms with E-state index >= 15 is 0 Å². The Labute approximate surface area is 113 Å². The minimum atomic E-state index is -1.02. The molecular formula is C12H12N4O4. The van der Waals surface area contributed by atoms with Gasteiger partial charge in [-0.1, -0.05) is 5.16 Å². The summed E-state index contributed by atoms with van der Waals surface area (Å²) in [7, 11) is 0. The van der Waals surface area contributed by atoms with E-state index < -0.39 is 12.0 Å². The molecule has 0 spiro atoms. The third-order valence-electron chi connectivity index (χ3n) is 2.37. The molecule has 20 heavy (non-hydrogen) atoms. The number of benzene rings is 1. The Bertz CT molecular complexity index is 621. The van der Waals surface area contributed by atoms with E-state index in [9.17, 15) is 9.59 Å². The van der Waals surface area contributed by atoms with Gasteiger partial charge in [0.25, 0.3) is 0 Å². The summed E-state index contributed by atoms with van der Waals surface area (Å²) in [5.41, 5.74) is 0.634. The van der Waals surface area contributed by atoms with Gasteiger partial charge in [-0.3, -0.25) is 0 Å². The number of aryl methyl sites for hydroxylation is 1. The van der Waals surface area contributed by atoms with E-state index in [1.807, 2.05) is 0 Å². The van der Waals surface area contributed by atoms with Crippen molar-refractivity contribution in [3.05, 3.63) is 41.5 Å². The van der Waals surface area contributed by atoms with E-state index in [1.165, 1.54) is 24.3 Å². The number of amides is 2. The molecule has 8 nitrogen and oxygen atoms in total. The van der Waals surface area contributed by atoms with Gasteiger partial charge < -0.3 is 20.3 Å². The van der Waals surface area contributed by atoms with Crippen molar-refractivity contribution in [1.29, 1.82) is 0 Å². The Morgan fingerprint density at radius 2 is 2.00 bits per heavy atom. The maximum Gasteiger partial charge on any atom is 0.335 e. The van der Waals surface area contributed by atoms with E-state index in [-0.39, 0.29) is 12.1 Å². The number of nitrogens with zero attached hydrogens (tertiary/aromatic N) is 2. The molecule has 2 aromatic rings. The van der Waals surface area contributed by atoms with Gasteiger partial charge in [-0.2, -0.15) is 4.98 Å². The molecule has 8 heteroatoms. The topological polar surface area (TPSA) is 117 Å². The summed E-state index contributed by atoms with van der Waals surface area (Å²) < 4.78 is 4.76. The number of aromatic carboxylic acids is 1. The molecule has 2 amide bonds. The summed E-state index contributed by atoms with van der Waals surface area (Å²) in [4.78, 5) is 26.2. The fourth-order valence-electron chi connectivity index (χ4n) is 1.44. The van der Waals surface area contributed by atoms with Crippen LogP contribution in [0.2, 0.25) is 0 Å². The minimum Gasteiger partial charge on any atom is -0.478 e. The molecule has 0 aliphatic heterocycles. The summed E-state index contributed by atoms with van der Waals surface area (Å²) in [5, 5.41) is 17.5. The number of anilines is 1. The lowest BCUT2D eigenvalue weighted by Gasteiger charge is -2.06. The highest BCUT2D eigenvalue weighted by Gasteiger charge is 2.06. The van der Waals surface area contributed by atoms with E-state index in [0.717, 1.165) is 0 Å². The van der Waals surface area contributed by atoms with Gasteiger partial charge in [0.05, 0.1) is 12.1 Å². The number of urea groups is 1. The monoisotopic (exact) mass is 276 g/mol. The maximum atomic E-state index is 11.6. The molecule has 2 rings (SSSR count). The second kappa shape index (κ2) is 5.83. The fraction of sp³-hybridized carbons (Fsp3) is 0.167. The minimum absolute atomic E-state index is 0.135. The van der Waals surface area contributed by atoms with Crippen LogP contribution in [0.1, 0.15) is 22.1 Å². The van der Waals surface area contributed by atoms with Crippen molar-refractivity contribution in [3.8, 4) is 0 Å². The van der Waals surface area contributed by atoms with Crippen molar-refractivity contribution in [2.24, 2.45) is 0 Å². The molecule has 1 heterocycles. The molecule has 0 fully saturated rings. The number of carboxylic acids is 1. The van der Waals surface area contributed by atoms with Crippen LogP contribution in [0.15, 0.2) is 28.8 Å². The first kappa shape index (κ1) is 13.5. The lowest BCUT2D eigenvalue weighted by atomic mass is 10.2. The molecule has 0 bridgehead atoms. The second-order valence-electron chi connectivity index (χ2n) is 3.92. The summed E-state index contributed by atoms with van der Waals surface area (Å²) in [5.74, 6) is -0.223. The third kappa shape index (κ3) is 3.55. The summed E-state index contributed by atoms with van der Waals surface area (Å²) in [6.45, 7) is 1.79. The third-order valence-corrected chi connectivity index (χ3v) is 2.37. The first-order chi connectivity index (χ1) is 9.54. The van der Waals surface area contributed by atoms with E-state index in [0.29, 0.717) is 17.4 Å². The average Bonchev–Trinajstić information content (AvgIpc) is 2.83. The Morgan fingerprint density at radius 3 is 2.55 bits per heavy atom. The molecule has 0 saturated carbocycles. The fourth-order valence-corrected chi connectivity index (χ4v) is 1.44. The molecule has 0 atom stereocenters. The second-order valence-corrected chi connectivity index (χ2v) is 3.92. The lowest BCUT2D eigenvalue weighted by molar-refractivity contribution is 0.0697. The normalized spacial score (nSPS) is 10.1. The number of hydrogen-bond acceptors (Lipinski definition) is 5. The molecule has 1 aromatic heterocycles. The van der Waals surface area contributed by atoms with Crippen molar-refractivity contribution in [2.45, 2.75) is 13.5 Å². The van der Waals surface area contributed by atoms with Crippen molar-refractivity contribution < 1.29 is 19.2 Å². The van der Waals surface area contributed by atoms with Crippen molar-refractivity contribution in [3.63, 3.8) is 0 Å². The average molecular weight is 276 g/mol. The van der Waals surface area contributed by atoms with E-state index in [2.05, 4.69) is 20.8 Å². The van der Waals surface area contributed by atoms with Gasteiger partial charge >= 0.3 is 12.0 Å². The SMILES string of the molecule is Cc1nc(CNC(=O)Nc2ccc(C(=O)O)cc2)no1. The Morgan fingerprint density at radius 1 is 1.30 bits per heavy atom. The van der Waals surface area contributed by atoms with Gasteiger partial charge in [-0.25, -0.2) is 9.59 Å². The number of aromatic nitrogens is 2. The summed E-state index contributed by atoms with van der Waals surface area (Å²) >= 11 is 0. The lowest BCUT2D eigenvalue weighted by Crippen LogP contribution is -2.28. The van der Waals surface area contributed by atoms with Crippen LogP contribution in [-0.2, 0) is 6.54 Å². The molecule has 0 aliphatic rings. The molecule has 0 aliphatic carbocycles. The quantitative estimate of drug-likeness (QED) is 0.776. The number of rotatable bonds is 4. The molecule has 0 radical (unpaired) electrons. The van der Waals surface area contributed by atoms with Crippen LogP contribution >= 0.6 is 0 Å². The van der Waals surface area contributed by atoms with Gasteiger partial charge in [0.15, 0.2) is 5.82 Å². The van der Waals surface area contributed by atoms with Crippen molar-refractivity contribution in [1.82, 2.24) is 15.5 Å². The van der Waals surface area contributed by atoms with Crippen LogP contribution in [0, 0.1) is 6.92 Å². The van der Waals surface area contributed by atoms with Gasteiger partial charge in [0.1, 0.15) is 0 Å². The summed E-state index contributed by atoms with van der Waals surface area (Å²) in [6, 6.07) is 5.36. The zero-order chi connectivity index (χ0) is 14.5. The van der Waals surface area contributed by atoms with Crippen LogP contribution in [0.4, 0.5) is 10.5 Å². The smallest absolute Gasteiger partial charge is 0.335 e. The zero-order valence-electron chi connectivity index (χ0n) is 10.6. The van der Waals surface area contributed by atoms with E-state index in [4.69, 9.17) is 9.63 Å². The zero-order valence-corrected chi connectivity index (χ0v) is 10.6.